The fraction of sp³-hybridized carbons (Fsp3) is 0.636. The van der Waals surface area contributed by atoms with Crippen molar-refractivity contribution in [3.63, 3.8) is 0 Å². The largest absolute Gasteiger partial charge is 0.469 e. The first kappa shape index (κ1) is 9.74. The predicted molar refractivity (Wildman–Crippen MR) is 56.1 cm³/mol. The molecule has 0 spiro atoms. The molecular weight excluding hydrogens is 176 g/mol. The second kappa shape index (κ2) is 4.15. The Morgan fingerprint density at radius 3 is 3.07 bits per heavy atom. The van der Waals surface area contributed by atoms with Gasteiger partial charge in [0.2, 0.25) is 0 Å². The lowest BCUT2D eigenvalue weighted by molar-refractivity contribution is 0.345. The molecule has 2 rings (SSSR count). The Hall–Kier alpha value is -0.800. The first-order chi connectivity index (χ1) is 6.85. The molecule has 0 radical (unpaired) electrons. The summed E-state index contributed by atoms with van der Waals surface area (Å²) in [5.74, 6) is 1.06. The molecule has 0 amide bonds. The maximum atomic E-state index is 5.82. The van der Waals surface area contributed by atoms with Crippen molar-refractivity contribution < 1.29 is 4.42 Å². The highest BCUT2D eigenvalue weighted by atomic mass is 16.3. The third kappa shape index (κ3) is 1.99. The van der Waals surface area contributed by atoms with Gasteiger partial charge in [0.1, 0.15) is 5.76 Å². The third-order valence-electron chi connectivity index (χ3n) is 3.15. The van der Waals surface area contributed by atoms with Crippen LogP contribution < -0.4 is 11.1 Å². The Morgan fingerprint density at radius 2 is 2.50 bits per heavy atom. The van der Waals surface area contributed by atoms with Gasteiger partial charge in [-0.25, -0.2) is 0 Å². The van der Waals surface area contributed by atoms with Crippen molar-refractivity contribution in [2.24, 2.45) is 5.73 Å². The number of hydrogen-bond donors (Lipinski definition) is 2. The van der Waals surface area contributed by atoms with Crippen LogP contribution >= 0.6 is 0 Å². The maximum absolute atomic E-state index is 5.82. The molecule has 0 aromatic carbocycles. The van der Waals surface area contributed by atoms with Gasteiger partial charge in [0.15, 0.2) is 0 Å². The van der Waals surface area contributed by atoms with Gasteiger partial charge in [-0.2, -0.15) is 0 Å². The zero-order valence-electron chi connectivity index (χ0n) is 8.46. The lowest BCUT2D eigenvalue weighted by atomic mass is 9.91. The molecule has 3 nitrogen and oxygen atoms in total. The highest BCUT2D eigenvalue weighted by molar-refractivity contribution is 5.02. The quantitative estimate of drug-likeness (QED) is 0.759. The van der Waals surface area contributed by atoms with Gasteiger partial charge < -0.3 is 15.5 Å². The Balaban J connectivity index is 1.89. The van der Waals surface area contributed by atoms with Gasteiger partial charge >= 0.3 is 0 Å². The van der Waals surface area contributed by atoms with Gasteiger partial charge in [-0.15, -0.1) is 0 Å². The number of rotatable bonds is 4. The Labute approximate surface area is 84.7 Å². The second-order valence-corrected chi connectivity index (χ2v) is 4.09. The van der Waals surface area contributed by atoms with Crippen molar-refractivity contribution in [1.29, 1.82) is 0 Å². The van der Waals surface area contributed by atoms with E-state index in [0.717, 1.165) is 31.7 Å². The van der Waals surface area contributed by atoms with E-state index in [2.05, 4.69) is 5.32 Å². The molecule has 1 aliphatic rings. The normalized spacial score (nSPS) is 26.9. The Kier molecular flexibility index (Phi) is 2.89. The standard InChI is InChI=1S/C11H18N2O/c12-9-11(5-2-7-13-11)6-4-10-3-1-8-14-10/h1,3,8,13H,2,4-7,9,12H2. The van der Waals surface area contributed by atoms with Crippen LogP contribution in [0.15, 0.2) is 22.8 Å². The molecular formula is C11H18N2O. The van der Waals surface area contributed by atoms with E-state index in [1.54, 1.807) is 6.26 Å². The Morgan fingerprint density at radius 1 is 1.57 bits per heavy atom. The molecule has 3 heteroatoms. The van der Waals surface area contributed by atoms with Crippen LogP contribution in [-0.2, 0) is 6.42 Å². The summed E-state index contributed by atoms with van der Waals surface area (Å²) in [5.41, 5.74) is 5.99. The lowest BCUT2D eigenvalue weighted by Crippen LogP contribution is -2.46. The van der Waals surface area contributed by atoms with E-state index < -0.39 is 0 Å². The van der Waals surface area contributed by atoms with Gasteiger partial charge in [0, 0.05) is 18.5 Å². The summed E-state index contributed by atoms with van der Waals surface area (Å²) < 4.78 is 5.31. The molecule has 0 saturated carbocycles. The highest BCUT2D eigenvalue weighted by Gasteiger charge is 2.31. The average Bonchev–Trinajstić information content (AvgIpc) is 2.87. The second-order valence-electron chi connectivity index (χ2n) is 4.09. The highest BCUT2D eigenvalue weighted by Crippen LogP contribution is 2.23. The fourth-order valence-electron chi connectivity index (χ4n) is 2.18. The summed E-state index contributed by atoms with van der Waals surface area (Å²) in [6.45, 7) is 1.84. The molecule has 1 unspecified atom stereocenters. The summed E-state index contributed by atoms with van der Waals surface area (Å²) in [6.07, 6.45) is 6.24. The van der Waals surface area contributed by atoms with E-state index in [1.165, 1.54) is 12.8 Å². The summed E-state index contributed by atoms with van der Waals surface area (Å²) >= 11 is 0. The number of aryl methyl sites for hydroxylation is 1. The van der Waals surface area contributed by atoms with Crippen molar-refractivity contribution in [3.8, 4) is 0 Å². The van der Waals surface area contributed by atoms with E-state index >= 15 is 0 Å². The van der Waals surface area contributed by atoms with Crippen LogP contribution in [-0.4, -0.2) is 18.6 Å². The van der Waals surface area contributed by atoms with E-state index in [4.69, 9.17) is 10.2 Å². The van der Waals surface area contributed by atoms with Gasteiger partial charge in [-0.1, -0.05) is 0 Å². The molecule has 1 saturated heterocycles. The number of nitrogens with two attached hydrogens (primary N) is 1. The SMILES string of the molecule is NCC1(CCc2ccco2)CCCN1. The van der Waals surface area contributed by atoms with E-state index in [0.29, 0.717) is 0 Å². The van der Waals surface area contributed by atoms with E-state index in [1.807, 2.05) is 12.1 Å². The van der Waals surface area contributed by atoms with Gasteiger partial charge in [0.25, 0.3) is 0 Å². The van der Waals surface area contributed by atoms with Crippen molar-refractivity contribution in [2.75, 3.05) is 13.1 Å². The monoisotopic (exact) mass is 194 g/mol. The zero-order valence-corrected chi connectivity index (χ0v) is 8.46. The molecule has 1 aromatic heterocycles. The van der Waals surface area contributed by atoms with Gasteiger partial charge in [0.05, 0.1) is 6.26 Å². The minimum absolute atomic E-state index is 0.173. The minimum atomic E-state index is 0.173. The third-order valence-corrected chi connectivity index (χ3v) is 3.15. The van der Waals surface area contributed by atoms with Crippen LogP contribution in [0.3, 0.4) is 0 Å². The Bertz CT molecular complexity index is 263. The molecule has 0 aliphatic carbocycles. The van der Waals surface area contributed by atoms with Crippen LogP contribution in [0.25, 0.3) is 0 Å². The van der Waals surface area contributed by atoms with Crippen molar-refractivity contribution in [2.45, 2.75) is 31.2 Å². The molecule has 1 atom stereocenters. The maximum Gasteiger partial charge on any atom is 0.103 e. The molecule has 1 fully saturated rings. The predicted octanol–water partition coefficient (Wildman–Crippen LogP) is 1.29. The van der Waals surface area contributed by atoms with Crippen LogP contribution in [0, 0.1) is 0 Å². The van der Waals surface area contributed by atoms with E-state index in [9.17, 15) is 0 Å². The van der Waals surface area contributed by atoms with Crippen LogP contribution in [0.2, 0.25) is 0 Å². The zero-order chi connectivity index (χ0) is 9.86. The summed E-state index contributed by atoms with van der Waals surface area (Å²) in [7, 11) is 0. The van der Waals surface area contributed by atoms with Crippen molar-refractivity contribution in [3.05, 3.63) is 24.2 Å². The molecule has 78 valence electrons. The molecule has 1 aliphatic heterocycles. The molecule has 0 bridgehead atoms. The first-order valence-corrected chi connectivity index (χ1v) is 5.32. The number of nitrogens with one attached hydrogen (secondary N) is 1. The molecule has 1 aromatic rings. The topological polar surface area (TPSA) is 51.2 Å². The summed E-state index contributed by atoms with van der Waals surface area (Å²) in [6, 6.07) is 3.96. The average molecular weight is 194 g/mol. The van der Waals surface area contributed by atoms with E-state index in [-0.39, 0.29) is 5.54 Å². The number of furan rings is 1. The van der Waals surface area contributed by atoms with Gasteiger partial charge in [-0.3, -0.25) is 0 Å². The van der Waals surface area contributed by atoms with Crippen LogP contribution in [0.1, 0.15) is 25.0 Å². The summed E-state index contributed by atoms with van der Waals surface area (Å²) in [5, 5.41) is 3.52. The molecule has 3 N–H and O–H groups in total. The van der Waals surface area contributed by atoms with Gasteiger partial charge in [-0.05, 0) is 37.9 Å². The molecule has 2 heterocycles. The lowest BCUT2D eigenvalue weighted by Gasteiger charge is -2.27. The fourth-order valence-corrected chi connectivity index (χ4v) is 2.18. The molecule has 14 heavy (non-hydrogen) atoms. The van der Waals surface area contributed by atoms with Crippen LogP contribution in [0.5, 0.6) is 0 Å². The minimum Gasteiger partial charge on any atom is -0.469 e. The summed E-state index contributed by atoms with van der Waals surface area (Å²) in [4.78, 5) is 0. The van der Waals surface area contributed by atoms with Crippen molar-refractivity contribution in [1.82, 2.24) is 5.32 Å². The van der Waals surface area contributed by atoms with Crippen molar-refractivity contribution >= 4 is 0 Å². The number of hydrogen-bond acceptors (Lipinski definition) is 3. The smallest absolute Gasteiger partial charge is 0.103 e. The first-order valence-electron chi connectivity index (χ1n) is 5.32. The van der Waals surface area contributed by atoms with Crippen LogP contribution in [0.4, 0.5) is 0 Å².